The summed E-state index contributed by atoms with van der Waals surface area (Å²) in [5, 5.41) is 11.6. The normalized spacial score (nSPS) is 16.6. The molecular formula is C27H32N2O6. The van der Waals surface area contributed by atoms with Crippen molar-refractivity contribution < 1.29 is 29.0 Å². The Morgan fingerprint density at radius 3 is 2.29 bits per heavy atom. The van der Waals surface area contributed by atoms with Crippen molar-refractivity contribution in [3.05, 3.63) is 59.7 Å². The summed E-state index contributed by atoms with van der Waals surface area (Å²) in [7, 11) is 0. The minimum absolute atomic E-state index is 0.00902. The number of carbonyl (C=O) groups is 3. The van der Waals surface area contributed by atoms with Crippen molar-refractivity contribution in [2.45, 2.75) is 50.7 Å². The maximum atomic E-state index is 12.4. The van der Waals surface area contributed by atoms with Crippen LogP contribution in [0, 0.1) is 0 Å². The third-order valence-corrected chi connectivity index (χ3v) is 6.68. The molecule has 0 saturated carbocycles. The van der Waals surface area contributed by atoms with Gasteiger partial charge < -0.3 is 24.8 Å². The van der Waals surface area contributed by atoms with Gasteiger partial charge in [0, 0.05) is 18.4 Å². The molecule has 0 aromatic heterocycles. The number of carbonyl (C=O) groups excluding carboxylic acids is 2. The summed E-state index contributed by atoms with van der Waals surface area (Å²) in [5.74, 6) is -0.994. The average molecular weight is 481 g/mol. The van der Waals surface area contributed by atoms with Gasteiger partial charge in [-0.15, -0.1) is 0 Å². The molecule has 35 heavy (non-hydrogen) atoms. The van der Waals surface area contributed by atoms with E-state index in [1.54, 1.807) is 11.8 Å². The van der Waals surface area contributed by atoms with Gasteiger partial charge in [0.1, 0.15) is 18.8 Å². The van der Waals surface area contributed by atoms with E-state index >= 15 is 0 Å². The van der Waals surface area contributed by atoms with Gasteiger partial charge in [0.2, 0.25) is 5.91 Å². The molecule has 0 bridgehead atoms. The number of aliphatic carboxylic acids is 1. The number of likely N-dealkylation sites (tertiary alicyclic amines) is 1. The predicted molar refractivity (Wildman–Crippen MR) is 130 cm³/mol. The van der Waals surface area contributed by atoms with Crippen LogP contribution in [0.3, 0.4) is 0 Å². The van der Waals surface area contributed by atoms with Crippen molar-refractivity contribution in [3.63, 3.8) is 0 Å². The van der Waals surface area contributed by atoms with Crippen molar-refractivity contribution in [1.82, 2.24) is 10.2 Å². The van der Waals surface area contributed by atoms with Gasteiger partial charge in [0.15, 0.2) is 0 Å². The number of hydrogen-bond acceptors (Lipinski definition) is 5. The third kappa shape index (κ3) is 5.82. The van der Waals surface area contributed by atoms with E-state index in [0.29, 0.717) is 32.4 Å². The quantitative estimate of drug-likeness (QED) is 0.536. The summed E-state index contributed by atoms with van der Waals surface area (Å²) >= 11 is 0. The molecule has 2 aromatic rings. The highest BCUT2D eigenvalue weighted by Gasteiger charge is 2.42. The first-order chi connectivity index (χ1) is 16.8. The van der Waals surface area contributed by atoms with E-state index in [9.17, 15) is 14.4 Å². The van der Waals surface area contributed by atoms with Crippen LogP contribution < -0.4 is 5.32 Å². The summed E-state index contributed by atoms with van der Waals surface area (Å²) in [6.45, 7) is 4.39. The number of fused-ring (bicyclic) bond motifs is 3. The van der Waals surface area contributed by atoms with Gasteiger partial charge in [0.25, 0.3) is 0 Å². The Kier molecular flexibility index (Phi) is 7.40. The number of rotatable bonds is 10. The first-order valence-electron chi connectivity index (χ1n) is 12.0. The largest absolute Gasteiger partial charge is 0.480 e. The SMILES string of the molecule is CC(CCCC(=O)N1CC(C)(OCC(=O)O)C1)NC(=O)OCC1c2ccccc2-c2ccccc21. The summed E-state index contributed by atoms with van der Waals surface area (Å²) in [6.07, 6.45) is 1.19. The lowest BCUT2D eigenvalue weighted by Gasteiger charge is -2.47. The van der Waals surface area contributed by atoms with Crippen molar-refractivity contribution in [3.8, 4) is 11.1 Å². The van der Waals surface area contributed by atoms with Crippen molar-refractivity contribution in [2.24, 2.45) is 0 Å². The number of hydrogen-bond donors (Lipinski definition) is 2. The van der Waals surface area contributed by atoms with Crippen LogP contribution in [0.1, 0.15) is 50.2 Å². The number of alkyl carbamates (subject to hydrolysis) is 1. The van der Waals surface area contributed by atoms with Crippen LogP contribution in [0.5, 0.6) is 0 Å². The smallest absolute Gasteiger partial charge is 0.407 e. The van der Waals surface area contributed by atoms with Gasteiger partial charge in [-0.05, 0) is 48.9 Å². The van der Waals surface area contributed by atoms with Crippen molar-refractivity contribution >= 4 is 18.0 Å². The monoisotopic (exact) mass is 480 g/mol. The van der Waals surface area contributed by atoms with Crippen LogP contribution >= 0.6 is 0 Å². The number of ether oxygens (including phenoxy) is 2. The fourth-order valence-electron chi connectivity index (χ4n) is 4.90. The number of nitrogens with one attached hydrogen (secondary N) is 1. The summed E-state index contributed by atoms with van der Waals surface area (Å²) < 4.78 is 10.9. The van der Waals surface area contributed by atoms with Crippen molar-refractivity contribution in [1.29, 1.82) is 0 Å². The zero-order valence-electron chi connectivity index (χ0n) is 20.2. The highest BCUT2D eigenvalue weighted by molar-refractivity contribution is 5.79. The first kappa shape index (κ1) is 24.7. The molecule has 1 heterocycles. The number of carboxylic acids is 1. The lowest BCUT2D eigenvalue weighted by Crippen LogP contribution is -2.63. The Labute approximate surface area is 205 Å². The maximum absolute atomic E-state index is 12.4. The zero-order chi connectivity index (χ0) is 25.0. The number of carboxylic acid groups (broad SMARTS) is 1. The van der Waals surface area contributed by atoms with E-state index in [0.717, 1.165) is 0 Å². The molecule has 0 spiro atoms. The lowest BCUT2D eigenvalue weighted by molar-refractivity contribution is -0.173. The Hall–Kier alpha value is -3.39. The van der Waals surface area contributed by atoms with Crippen LogP contribution in [-0.2, 0) is 19.1 Å². The fraction of sp³-hybridized carbons (Fsp3) is 0.444. The molecule has 4 rings (SSSR count). The van der Waals surface area contributed by atoms with Gasteiger partial charge in [-0.1, -0.05) is 48.5 Å². The van der Waals surface area contributed by atoms with Crippen LogP contribution in [0.2, 0.25) is 0 Å². The Balaban J connectivity index is 1.16. The molecule has 1 aliphatic carbocycles. The van der Waals surface area contributed by atoms with Gasteiger partial charge in [-0.2, -0.15) is 0 Å². The number of amides is 2. The second-order valence-corrected chi connectivity index (χ2v) is 9.65. The van der Waals surface area contributed by atoms with Crippen LogP contribution in [0.4, 0.5) is 4.79 Å². The van der Waals surface area contributed by atoms with Crippen LogP contribution in [-0.4, -0.2) is 65.9 Å². The highest BCUT2D eigenvalue weighted by atomic mass is 16.5. The van der Waals surface area contributed by atoms with Crippen LogP contribution in [0.15, 0.2) is 48.5 Å². The number of nitrogens with zero attached hydrogens (tertiary/aromatic N) is 1. The standard InChI is InChI=1S/C27H32N2O6/c1-18(8-7-13-24(30)29-16-27(2,17-29)35-15-25(31)32)28-26(33)34-14-23-21-11-5-3-9-19(21)20-10-4-6-12-22(20)23/h3-6,9-12,18,23H,7-8,13-17H2,1-2H3,(H,28,33)(H,31,32). The lowest BCUT2D eigenvalue weighted by atomic mass is 9.95. The molecule has 1 atom stereocenters. The van der Waals surface area contributed by atoms with Crippen LogP contribution in [0.25, 0.3) is 11.1 Å². The molecule has 8 heteroatoms. The molecule has 1 aliphatic heterocycles. The second kappa shape index (κ2) is 10.5. The molecule has 0 radical (unpaired) electrons. The molecule has 1 fully saturated rings. The molecular weight excluding hydrogens is 448 g/mol. The molecule has 8 nitrogen and oxygen atoms in total. The van der Waals surface area contributed by atoms with Gasteiger partial charge >= 0.3 is 12.1 Å². The Bertz CT molecular complexity index is 1050. The van der Waals surface area contributed by atoms with Crippen molar-refractivity contribution in [2.75, 3.05) is 26.3 Å². The fourth-order valence-corrected chi connectivity index (χ4v) is 4.90. The van der Waals surface area contributed by atoms with E-state index in [-0.39, 0.29) is 31.1 Å². The maximum Gasteiger partial charge on any atom is 0.407 e. The van der Waals surface area contributed by atoms with E-state index in [2.05, 4.69) is 29.6 Å². The zero-order valence-corrected chi connectivity index (χ0v) is 20.2. The Morgan fingerprint density at radius 2 is 1.69 bits per heavy atom. The van der Waals surface area contributed by atoms with Gasteiger partial charge in [0.05, 0.1) is 13.1 Å². The minimum atomic E-state index is -1.02. The van der Waals surface area contributed by atoms with Gasteiger partial charge in [-0.25, -0.2) is 9.59 Å². The van der Waals surface area contributed by atoms with E-state index in [4.69, 9.17) is 14.6 Å². The Morgan fingerprint density at radius 1 is 1.09 bits per heavy atom. The van der Waals surface area contributed by atoms with E-state index in [1.165, 1.54) is 22.3 Å². The summed E-state index contributed by atoms with van der Waals surface area (Å²) in [5.41, 5.74) is 4.12. The van der Waals surface area contributed by atoms with Gasteiger partial charge in [-0.3, -0.25) is 4.79 Å². The predicted octanol–water partition coefficient (Wildman–Crippen LogP) is 3.79. The molecule has 2 aromatic carbocycles. The molecule has 186 valence electrons. The first-order valence-corrected chi connectivity index (χ1v) is 12.0. The second-order valence-electron chi connectivity index (χ2n) is 9.65. The third-order valence-electron chi connectivity index (χ3n) is 6.68. The highest BCUT2D eigenvalue weighted by Crippen LogP contribution is 2.44. The topological polar surface area (TPSA) is 105 Å². The average Bonchev–Trinajstić information content (AvgIpc) is 3.13. The molecule has 1 saturated heterocycles. The minimum Gasteiger partial charge on any atom is -0.480 e. The molecule has 2 aliphatic rings. The summed E-state index contributed by atoms with van der Waals surface area (Å²) in [6, 6.07) is 16.3. The molecule has 2 N–H and O–H groups in total. The summed E-state index contributed by atoms with van der Waals surface area (Å²) in [4.78, 5) is 37.1. The number of benzene rings is 2. The molecule has 1 unspecified atom stereocenters. The molecule has 2 amide bonds. The van der Waals surface area contributed by atoms with E-state index < -0.39 is 17.7 Å². The van der Waals surface area contributed by atoms with E-state index in [1.807, 2.05) is 31.2 Å².